The van der Waals surface area contributed by atoms with E-state index in [0.29, 0.717) is 11.8 Å². The number of aromatic nitrogens is 2. The molecule has 0 spiro atoms. The van der Waals surface area contributed by atoms with Gasteiger partial charge in [0, 0.05) is 18.0 Å². The SMILES string of the molecule is O=C(C=Cc1c(F)c(F)c(F)c(F)c1F)c1ccc(-n2cccn2)cc1. The Balaban J connectivity index is 1.87. The Morgan fingerprint density at radius 2 is 1.46 bits per heavy atom. The molecule has 0 saturated heterocycles. The first-order chi connectivity index (χ1) is 12.4. The predicted molar refractivity (Wildman–Crippen MR) is 83.2 cm³/mol. The van der Waals surface area contributed by atoms with Crippen molar-refractivity contribution in [3.63, 3.8) is 0 Å². The molecule has 0 radical (unpaired) electrons. The van der Waals surface area contributed by atoms with E-state index in [0.717, 1.165) is 6.08 Å². The highest BCUT2D eigenvalue weighted by Crippen LogP contribution is 2.24. The lowest BCUT2D eigenvalue weighted by Gasteiger charge is -2.04. The van der Waals surface area contributed by atoms with Gasteiger partial charge in [-0.05, 0) is 42.5 Å². The summed E-state index contributed by atoms with van der Waals surface area (Å²) in [6.07, 6.45) is 4.56. The Labute approximate surface area is 144 Å². The lowest BCUT2D eigenvalue weighted by atomic mass is 10.1. The van der Waals surface area contributed by atoms with Gasteiger partial charge in [-0.2, -0.15) is 5.10 Å². The molecule has 0 amide bonds. The zero-order chi connectivity index (χ0) is 18.8. The molecule has 1 aromatic heterocycles. The minimum absolute atomic E-state index is 0.168. The maximum Gasteiger partial charge on any atom is 0.200 e. The van der Waals surface area contributed by atoms with Gasteiger partial charge in [0.25, 0.3) is 0 Å². The molecule has 8 heteroatoms. The molecule has 3 rings (SSSR count). The summed E-state index contributed by atoms with van der Waals surface area (Å²) in [5, 5.41) is 4.01. The molecule has 1 heterocycles. The first-order valence-corrected chi connectivity index (χ1v) is 7.24. The molecule has 3 aromatic rings. The predicted octanol–water partition coefficient (Wildman–Crippen LogP) is 4.46. The summed E-state index contributed by atoms with van der Waals surface area (Å²) in [7, 11) is 0. The molecule has 132 valence electrons. The second-order valence-corrected chi connectivity index (χ2v) is 5.18. The molecule has 0 unspecified atom stereocenters. The van der Waals surface area contributed by atoms with Crippen molar-refractivity contribution in [2.45, 2.75) is 0 Å². The van der Waals surface area contributed by atoms with Gasteiger partial charge in [0.1, 0.15) is 0 Å². The maximum atomic E-state index is 13.6. The fourth-order valence-corrected chi connectivity index (χ4v) is 2.22. The van der Waals surface area contributed by atoms with Crippen molar-refractivity contribution < 1.29 is 26.7 Å². The Morgan fingerprint density at radius 1 is 0.885 bits per heavy atom. The Bertz CT molecular complexity index is 966. The van der Waals surface area contributed by atoms with Crippen molar-refractivity contribution in [2.75, 3.05) is 0 Å². The fraction of sp³-hybridized carbons (Fsp3) is 0. The molecule has 2 aromatic carbocycles. The summed E-state index contributed by atoms with van der Waals surface area (Å²) >= 11 is 0. The lowest BCUT2D eigenvalue weighted by Crippen LogP contribution is -2.04. The second-order valence-electron chi connectivity index (χ2n) is 5.18. The van der Waals surface area contributed by atoms with Crippen LogP contribution in [0.15, 0.2) is 48.8 Å². The normalized spacial score (nSPS) is 11.3. The third kappa shape index (κ3) is 3.13. The standard InChI is InChI=1S/C18H9F5N2O/c19-14-12(15(20)17(22)18(23)16(14)21)6-7-13(26)10-2-4-11(5-3-10)25-9-1-8-24-25/h1-9H. The molecule has 3 nitrogen and oxygen atoms in total. The number of benzene rings is 2. The van der Waals surface area contributed by atoms with E-state index in [1.165, 1.54) is 12.1 Å². The van der Waals surface area contributed by atoms with Crippen LogP contribution in [0.1, 0.15) is 15.9 Å². The molecule has 0 aliphatic heterocycles. The summed E-state index contributed by atoms with van der Waals surface area (Å²) in [4.78, 5) is 12.1. The molecule has 0 aliphatic rings. The maximum absolute atomic E-state index is 13.6. The van der Waals surface area contributed by atoms with Crippen LogP contribution in [0.25, 0.3) is 11.8 Å². The number of hydrogen-bond donors (Lipinski definition) is 0. The number of carbonyl (C=O) groups excluding carboxylic acids is 1. The third-order valence-corrected chi connectivity index (χ3v) is 3.57. The monoisotopic (exact) mass is 364 g/mol. The van der Waals surface area contributed by atoms with E-state index in [-0.39, 0.29) is 5.56 Å². The van der Waals surface area contributed by atoms with Gasteiger partial charge in [-0.25, -0.2) is 26.6 Å². The van der Waals surface area contributed by atoms with Crippen molar-refractivity contribution in [1.29, 1.82) is 0 Å². The average molecular weight is 364 g/mol. The van der Waals surface area contributed by atoms with Gasteiger partial charge < -0.3 is 0 Å². The van der Waals surface area contributed by atoms with E-state index >= 15 is 0 Å². The highest BCUT2D eigenvalue weighted by Gasteiger charge is 2.24. The molecular weight excluding hydrogens is 355 g/mol. The Hall–Kier alpha value is -3.29. The number of ketones is 1. The van der Waals surface area contributed by atoms with Crippen LogP contribution in [-0.2, 0) is 0 Å². The van der Waals surface area contributed by atoms with Gasteiger partial charge in [0.05, 0.1) is 11.3 Å². The number of nitrogens with zero attached hydrogens (tertiary/aromatic N) is 2. The molecule has 0 atom stereocenters. The topological polar surface area (TPSA) is 34.9 Å². The summed E-state index contributed by atoms with van der Waals surface area (Å²) in [5.74, 6) is -11.1. The first kappa shape index (κ1) is 17.5. The molecule has 0 bridgehead atoms. The van der Waals surface area contributed by atoms with Crippen molar-refractivity contribution in [2.24, 2.45) is 0 Å². The third-order valence-electron chi connectivity index (χ3n) is 3.57. The van der Waals surface area contributed by atoms with Gasteiger partial charge in [-0.1, -0.05) is 0 Å². The van der Waals surface area contributed by atoms with Crippen molar-refractivity contribution in [1.82, 2.24) is 9.78 Å². The van der Waals surface area contributed by atoms with E-state index in [1.807, 2.05) is 0 Å². The van der Waals surface area contributed by atoms with Crippen molar-refractivity contribution >= 4 is 11.9 Å². The quantitative estimate of drug-likeness (QED) is 0.225. The Kier molecular flexibility index (Phi) is 4.66. The van der Waals surface area contributed by atoms with Gasteiger partial charge >= 0.3 is 0 Å². The van der Waals surface area contributed by atoms with Gasteiger partial charge in [0.15, 0.2) is 29.1 Å². The summed E-state index contributed by atoms with van der Waals surface area (Å²) in [6.45, 7) is 0. The molecule has 26 heavy (non-hydrogen) atoms. The largest absolute Gasteiger partial charge is 0.289 e. The second kappa shape index (κ2) is 6.91. The van der Waals surface area contributed by atoms with Gasteiger partial charge in [-0.15, -0.1) is 0 Å². The summed E-state index contributed by atoms with van der Waals surface area (Å²) in [6, 6.07) is 7.79. The Morgan fingerprint density at radius 3 is 2.00 bits per heavy atom. The van der Waals surface area contributed by atoms with Gasteiger partial charge in [-0.3, -0.25) is 4.79 Å². The zero-order valence-electron chi connectivity index (χ0n) is 12.9. The minimum atomic E-state index is -2.25. The van der Waals surface area contributed by atoms with E-state index in [2.05, 4.69) is 5.10 Å². The van der Waals surface area contributed by atoms with E-state index in [1.54, 1.807) is 35.3 Å². The molecular formula is C18H9F5N2O. The van der Waals surface area contributed by atoms with Crippen LogP contribution in [0.4, 0.5) is 22.0 Å². The van der Waals surface area contributed by atoms with E-state index in [4.69, 9.17) is 0 Å². The molecule has 0 saturated carbocycles. The van der Waals surface area contributed by atoms with E-state index in [9.17, 15) is 26.7 Å². The highest BCUT2D eigenvalue weighted by molar-refractivity contribution is 6.06. The number of allylic oxidation sites excluding steroid dienone is 1. The summed E-state index contributed by atoms with van der Waals surface area (Å²) in [5.41, 5.74) is -0.334. The van der Waals surface area contributed by atoms with Crippen LogP contribution < -0.4 is 0 Å². The van der Waals surface area contributed by atoms with Crippen LogP contribution in [0.2, 0.25) is 0 Å². The van der Waals surface area contributed by atoms with Crippen LogP contribution in [0.5, 0.6) is 0 Å². The number of hydrogen-bond acceptors (Lipinski definition) is 2. The average Bonchev–Trinajstić information content (AvgIpc) is 3.19. The lowest BCUT2D eigenvalue weighted by molar-refractivity contribution is 0.104. The number of rotatable bonds is 4. The fourth-order valence-electron chi connectivity index (χ4n) is 2.22. The summed E-state index contributed by atoms with van der Waals surface area (Å²) < 4.78 is 68.0. The van der Waals surface area contributed by atoms with E-state index < -0.39 is 40.4 Å². The first-order valence-electron chi connectivity index (χ1n) is 7.24. The smallest absolute Gasteiger partial charge is 0.200 e. The molecule has 0 fully saturated rings. The minimum Gasteiger partial charge on any atom is -0.289 e. The van der Waals surface area contributed by atoms with Crippen LogP contribution in [0.3, 0.4) is 0 Å². The molecule has 0 N–H and O–H groups in total. The van der Waals surface area contributed by atoms with Crippen molar-refractivity contribution in [3.05, 3.63) is 89.0 Å². The van der Waals surface area contributed by atoms with Crippen LogP contribution >= 0.6 is 0 Å². The molecule has 0 aliphatic carbocycles. The van der Waals surface area contributed by atoms with Gasteiger partial charge in [0.2, 0.25) is 5.82 Å². The number of carbonyl (C=O) groups is 1. The van der Waals surface area contributed by atoms with Crippen LogP contribution in [0, 0.1) is 29.1 Å². The zero-order valence-corrected chi connectivity index (χ0v) is 12.9. The van der Waals surface area contributed by atoms with Crippen LogP contribution in [-0.4, -0.2) is 15.6 Å². The van der Waals surface area contributed by atoms with Crippen molar-refractivity contribution in [3.8, 4) is 5.69 Å². The number of halogens is 5. The highest BCUT2D eigenvalue weighted by atomic mass is 19.2.